The third-order valence-corrected chi connectivity index (χ3v) is 2.98. The van der Waals surface area contributed by atoms with Crippen molar-refractivity contribution in [3.63, 3.8) is 0 Å². The first kappa shape index (κ1) is 12.9. The van der Waals surface area contributed by atoms with Gasteiger partial charge in [-0.25, -0.2) is 4.98 Å². The fourth-order valence-corrected chi connectivity index (χ4v) is 2.15. The molecule has 0 spiro atoms. The summed E-state index contributed by atoms with van der Waals surface area (Å²) in [6, 6.07) is 5.79. The fourth-order valence-electron chi connectivity index (χ4n) is 1.80. The minimum atomic E-state index is -0.0704. The number of fused-ring (bicyclic) bond motifs is 1. The van der Waals surface area contributed by atoms with Crippen LogP contribution in [-0.4, -0.2) is 21.5 Å². The third-order valence-electron chi connectivity index (χ3n) is 2.49. The molecule has 0 saturated carbocycles. The van der Waals surface area contributed by atoms with Crippen molar-refractivity contribution in [2.24, 2.45) is 0 Å². The van der Waals surface area contributed by atoms with E-state index in [-0.39, 0.29) is 18.5 Å². The summed E-state index contributed by atoms with van der Waals surface area (Å²) in [5.41, 5.74) is 7.47. The normalized spacial score (nSPS) is 11.1. The molecule has 1 aromatic heterocycles. The van der Waals surface area contributed by atoms with Crippen molar-refractivity contribution in [1.29, 1.82) is 0 Å². The van der Waals surface area contributed by atoms with Crippen molar-refractivity contribution in [2.45, 2.75) is 26.4 Å². The molecule has 1 heterocycles. The number of hydrogen-bond acceptors (Lipinski definition) is 3. The van der Waals surface area contributed by atoms with Gasteiger partial charge in [-0.05, 0) is 32.0 Å². The maximum absolute atomic E-state index is 11.8. The number of imidazole rings is 1. The Balaban J connectivity index is 2.33. The fraction of sp³-hybridized carbons (Fsp3) is 0.333. The van der Waals surface area contributed by atoms with E-state index in [0.29, 0.717) is 5.95 Å². The van der Waals surface area contributed by atoms with Gasteiger partial charge in [0.2, 0.25) is 11.9 Å². The van der Waals surface area contributed by atoms with Gasteiger partial charge < -0.3 is 15.6 Å². The molecule has 0 fully saturated rings. The molecule has 5 nitrogen and oxygen atoms in total. The molecule has 3 N–H and O–H groups in total. The van der Waals surface area contributed by atoms with Crippen LogP contribution < -0.4 is 11.1 Å². The Morgan fingerprint density at radius 1 is 1.56 bits per heavy atom. The maximum Gasteiger partial charge on any atom is 0.240 e. The van der Waals surface area contributed by atoms with Crippen molar-refractivity contribution in [3.8, 4) is 0 Å². The van der Waals surface area contributed by atoms with Crippen LogP contribution in [-0.2, 0) is 11.3 Å². The summed E-state index contributed by atoms with van der Waals surface area (Å²) >= 11 is 3.38. The number of nitrogens with two attached hydrogens (primary N) is 1. The molecule has 0 unspecified atom stereocenters. The van der Waals surface area contributed by atoms with E-state index in [1.54, 1.807) is 4.57 Å². The zero-order valence-electron chi connectivity index (χ0n) is 10.3. The van der Waals surface area contributed by atoms with Crippen LogP contribution in [0, 0.1) is 0 Å². The van der Waals surface area contributed by atoms with E-state index in [4.69, 9.17) is 5.73 Å². The summed E-state index contributed by atoms with van der Waals surface area (Å²) in [7, 11) is 0. The molecule has 0 saturated heterocycles. The van der Waals surface area contributed by atoms with Gasteiger partial charge in [0.15, 0.2) is 0 Å². The highest BCUT2D eigenvalue weighted by molar-refractivity contribution is 9.10. The average Bonchev–Trinajstić information content (AvgIpc) is 2.53. The lowest BCUT2D eigenvalue weighted by atomic mass is 10.3. The molecule has 18 heavy (non-hydrogen) atoms. The summed E-state index contributed by atoms with van der Waals surface area (Å²) in [6.45, 7) is 4.02. The van der Waals surface area contributed by atoms with Crippen LogP contribution >= 0.6 is 15.9 Å². The summed E-state index contributed by atoms with van der Waals surface area (Å²) in [4.78, 5) is 16.0. The average molecular weight is 311 g/mol. The molecule has 0 aliphatic heterocycles. The molecule has 2 aromatic rings. The summed E-state index contributed by atoms with van der Waals surface area (Å²) in [5.74, 6) is 0.279. The van der Waals surface area contributed by atoms with Crippen molar-refractivity contribution in [3.05, 3.63) is 22.7 Å². The molecule has 0 aliphatic rings. The number of anilines is 1. The molecule has 6 heteroatoms. The number of benzene rings is 1. The standard InChI is InChI=1S/C12H15BrN4O/c1-7(2)15-11(18)6-17-10-4-3-8(13)5-9(10)16-12(17)14/h3-5,7H,6H2,1-2H3,(H2,14,16)(H,15,18). The first-order valence-corrected chi connectivity index (χ1v) is 6.47. The van der Waals surface area contributed by atoms with Crippen molar-refractivity contribution >= 4 is 38.8 Å². The lowest BCUT2D eigenvalue weighted by Gasteiger charge is -2.10. The highest BCUT2D eigenvalue weighted by Gasteiger charge is 2.12. The number of hydrogen-bond donors (Lipinski definition) is 2. The van der Waals surface area contributed by atoms with Crippen LogP contribution in [0.3, 0.4) is 0 Å². The molecule has 2 rings (SSSR count). The minimum absolute atomic E-state index is 0.0704. The van der Waals surface area contributed by atoms with E-state index in [2.05, 4.69) is 26.2 Å². The number of aromatic nitrogens is 2. The van der Waals surface area contributed by atoms with Crippen LogP contribution in [0.15, 0.2) is 22.7 Å². The van der Waals surface area contributed by atoms with Gasteiger partial charge in [-0.2, -0.15) is 0 Å². The molecule has 0 atom stereocenters. The number of carbonyl (C=O) groups is 1. The van der Waals surface area contributed by atoms with Gasteiger partial charge in [-0.15, -0.1) is 0 Å². The monoisotopic (exact) mass is 310 g/mol. The van der Waals surface area contributed by atoms with Crippen LogP contribution in [0.1, 0.15) is 13.8 Å². The second kappa shape index (κ2) is 4.97. The first-order chi connectivity index (χ1) is 8.47. The van der Waals surface area contributed by atoms with Gasteiger partial charge in [-0.1, -0.05) is 15.9 Å². The molecule has 1 aromatic carbocycles. The van der Waals surface area contributed by atoms with Gasteiger partial charge in [-0.3, -0.25) is 4.79 Å². The summed E-state index contributed by atoms with van der Waals surface area (Å²) < 4.78 is 2.64. The zero-order valence-corrected chi connectivity index (χ0v) is 11.9. The van der Waals surface area contributed by atoms with Gasteiger partial charge in [0.25, 0.3) is 0 Å². The zero-order chi connectivity index (χ0) is 13.3. The highest BCUT2D eigenvalue weighted by Crippen LogP contribution is 2.21. The SMILES string of the molecule is CC(C)NC(=O)Cn1c(N)nc2cc(Br)ccc21. The maximum atomic E-state index is 11.8. The van der Waals surface area contributed by atoms with Crippen LogP contribution in [0.4, 0.5) is 5.95 Å². The van der Waals surface area contributed by atoms with E-state index in [1.165, 1.54) is 0 Å². The van der Waals surface area contributed by atoms with E-state index in [9.17, 15) is 4.79 Å². The number of rotatable bonds is 3. The summed E-state index contributed by atoms with van der Waals surface area (Å²) in [6.07, 6.45) is 0. The molecule has 0 radical (unpaired) electrons. The smallest absolute Gasteiger partial charge is 0.240 e. The number of nitrogen functional groups attached to an aromatic ring is 1. The number of nitrogens with zero attached hydrogens (tertiary/aromatic N) is 2. The van der Waals surface area contributed by atoms with Gasteiger partial charge in [0, 0.05) is 10.5 Å². The minimum Gasteiger partial charge on any atom is -0.369 e. The van der Waals surface area contributed by atoms with E-state index < -0.39 is 0 Å². The molecule has 96 valence electrons. The van der Waals surface area contributed by atoms with E-state index in [1.807, 2.05) is 32.0 Å². The number of halogens is 1. The van der Waals surface area contributed by atoms with Crippen LogP contribution in [0.2, 0.25) is 0 Å². The Morgan fingerprint density at radius 2 is 2.28 bits per heavy atom. The number of carbonyl (C=O) groups excluding carboxylic acids is 1. The molecular formula is C12H15BrN4O. The Kier molecular flexibility index (Phi) is 3.56. The predicted molar refractivity (Wildman–Crippen MR) is 75.1 cm³/mol. The van der Waals surface area contributed by atoms with Crippen molar-refractivity contribution in [2.75, 3.05) is 5.73 Å². The Morgan fingerprint density at radius 3 is 2.94 bits per heavy atom. The van der Waals surface area contributed by atoms with Gasteiger partial charge >= 0.3 is 0 Å². The van der Waals surface area contributed by atoms with Crippen molar-refractivity contribution < 1.29 is 4.79 Å². The summed E-state index contributed by atoms with van der Waals surface area (Å²) in [5, 5.41) is 2.83. The largest absolute Gasteiger partial charge is 0.369 e. The second-order valence-electron chi connectivity index (χ2n) is 4.41. The van der Waals surface area contributed by atoms with Crippen LogP contribution in [0.5, 0.6) is 0 Å². The highest BCUT2D eigenvalue weighted by atomic mass is 79.9. The number of nitrogens with one attached hydrogen (secondary N) is 1. The van der Waals surface area contributed by atoms with Gasteiger partial charge in [0.1, 0.15) is 6.54 Å². The van der Waals surface area contributed by atoms with E-state index in [0.717, 1.165) is 15.5 Å². The first-order valence-electron chi connectivity index (χ1n) is 5.68. The molecule has 0 aliphatic carbocycles. The Labute approximate surface area is 113 Å². The Hall–Kier alpha value is -1.56. The third kappa shape index (κ3) is 2.64. The van der Waals surface area contributed by atoms with Crippen molar-refractivity contribution in [1.82, 2.24) is 14.9 Å². The lowest BCUT2D eigenvalue weighted by Crippen LogP contribution is -2.33. The second-order valence-corrected chi connectivity index (χ2v) is 5.33. The van der Waals surface area contributed by atoms with E-state index >= 15 is 0 Å². The molecule has 0 bridgehead atoms. The predicted octanol–water partition coefficient (Wildman–Crippen LogP) is 1.91. The quantitative estimate of drug-likeness (QED) is 0.909. The molecular weight excluding hydrogens is 296 g/mol. The number of amides is 1. The van der Waals surface area contributed by atoms with Gasteiger partial charge in [0.05, 0.1) is 11.0 Å². The molecule has 1 amide bonds. The topological polar surface area (TPSA) is 72.9 Å². The Bertz CT molecular complexity index is 591. The lowest BCUT2D eigenvalue weighted by molar-refractivity contribution is -0.122. The van der Waals surface area contributed by atoms with Crippen LogP contribution in [0.25, 0.3) is 11.0 Å².